The van der Waals surface area contributed by atoms with Crippen LogP contribution in [0.2, 0.25) is 0 Å². The highest BCUT2D eigenvalue weighted by atomic mass is 15.2. The van der Waals surface area contributed by atoms with Gasteiger partial charge in [0.05, 0.1) is 17.1 Å². The first-order valence-electron chi connectivity index (χ1n) is 10.7. The number of anilines is 1. The van der Waals surface area contributed by atoms with Crippen LogP contribution in [0.5, 0.6) is 0 Å². The van der Waals surface area contributed by atoms with Crippen molar-refractivity contribution in [2.24, 2.45) is 0 Å². The summed E-state index contributed by atoms with van der Waals surface area (Å²) in [7, 11) is 4.19. The van der Waals surface area contributed by atoms with E-state index in [-0.39, 0.29) is 10.8 Å². The summed E-state index contributed by atoms with van der Waals surface area (Å²) in [6.07, 6.45) is 8.05. The Bertz CT molecular complexity index is 1210. The van der Waals surface area contributed by atoms with Crippen LogP contribution in [-0.4, -0.2) is 24.4 Å². The molecule has 2 aliphatic heterocycles. The lowest BCUT2D eigenvalue weighted by atomic mass is 9.81. The number of nitriles is 1. The number of hydrogen-bond acceptors (Lipinski definition) is 2. The molecule has 0 amide bonds. The van der Waals surface area contributed by atoms with Gasteiger partial charge in [-0.3, -0.25) is 0 Å². The Morgan fingerprint density at radius 2 is 1.61 bits per heavy atom. The molecule has 0 saturated carbocycles. The second-order valence-electron chi connectivity index (χ2n) is 9.41. The highest BCUT2D eigenvalue weighted by Gasteiger charge is 2.42. The van der Waals surface area contributed by atoms with Gasteiger partial charge in [-0.05, 0) is 43.7 Å². The van der Waals surface area contributed by atoms with Gasteiger partial charge in [0.15, 0.2) is 5.71 Å². The van der Waals surface area contributed by atoms with E-state index in [0.717, 1.165) is 0 Å². The minimum atomic E-state index is -0.101. The SMILES string of the molecule is CN1C(=CC=C(C#N)C=CC2=[N+](C)c3ccccc3C2(C)C)C(C)(C)c2ccccc21. The molecule has 0 bridgehead atoms. The van der Waals surface area contributed by atoms with Gasteiger partial charge in [-0.25, -0.2) is 0 Å². The first-order chi connectivity index (χ1) is 14.7. The van der Waals surface area contributed by atoms with Crippen molar-refractivity contribution in [2.45, 2.75) is 38.5 Å². The molecule has 0 aliphatic carbocycles. The molecule has 0 fully saturated rings. The number of nitrogens with zero attached hydrogens (tertiary/aromatic N) is 3. The third-order valence-corrected chi connectivity index (χ3v) is 6.85. The fourth-order valence-electron chi connectivity index (χ4n) is 5.07. The van der Waals surface area contributed by atoms with Crippen LogP contribution in [0, 0.1) is 11.3 Å². The van der Waals surface area contributed by atoms with Crippen molar-refractivity contribution in [1.82, 2.24) is 0 Å². The second kappa shape index (κ2) is 7.39. The zero-order chi connectivity index (χ0) is 22.4. The highest BCUT2D eigenvalue weighted by Crippen LogP contribution is 2.46. The molecule has 2 heterocycles. The molecule has 0 aromatic heterocycles. The number of likely N-dealkylation sites (N-methyl/N-ethyl adjacent to an activating group) is 1. The van der Waals surface area contributed by atoms with E-state index >= 15 is 0 Å². The molecule has 2 aromatic rings. The highest BCUT2D eigenvalue weighted by molar-refractivity contribution is 6.03. The van der Waals surface area contributed by atoms with E-state index in [1.54, 1.807) is 0 Å². The van der Waals surface area contributed by atoms with Crippen molar-refractivity contribution in [1.29, 1.82) is 5.26 Å². The molecule has 0 N–H and O–H groups in total. The van der Waals surface area contributed by atoms with E-state index < -0.39 is 0 Å². The molecular weight excluding hydrogens is 378 g/mol. The fraction of sp³-hybridized carbons (Fsp3) is 0.286. The van der Waals surface area contributed by atoms with Crippen LogP contribution in [0.4, 0.5) is 11.4 Å². The van der Waals surface area contributed by atoms with Crippen molar-refractivity contribution in [3.63, 3.8) is 0 Å². The van der Waals surface area contributed by atoms with Gasteiger partial charge in [0.25, 0.3) is 0 Å². The first-order valence-corrected chi connectivity index (χ1v) is 10.7. The number of hydrogen-bond donors (Lipinski definition) is 0. The van der Waals surface area contributed by atoms with Crippen LogP contribution in [0.1, 0.15) is 38.8 Å². The standard InChI is InChI=1S/C28H30N3/c1-27(2)21-11-7-9-13-23(21)30(5)25(27)17-15-20(19-29)16-18-26-28(3,4)22-12-8-10-14-24(22)31(26)6/h7-18H,1-6H3/q+1. The molecule has 3 heteroatoms. The van der Waals surface area contributed by atoms with Crippen LogP contribution in [0.25, 0.3) is 0 Å². The molecular formula is C28H30N3+. The number of rotatable bonds is 3. The summed E-state index contributed by atoms with van der Waals surface area (Å²) >= 11 is 0. The van der Waals surface area contributed by atoms with Gasteiger partial charge < -0.3 is 4.90 Å². The van der Waals surface area contributed by atoms with E-state index in [4.69, 9.17) is 0 Å². The van der Waals surface area contributed by atoms with Crippen molar-refractivity contribution in [3.8, 4) is 6.07 Å². The fourth-order valence-corrected chi connectivity index (χ4v) is 5.07. The summed E-state index contributed by atoms with van der Waals surface area (Å²) in [6, 6.07) is 19.4. The molecule has 0 spiro atoms. The van der Waals surface area contributed by atoms with Crippen molar-refractivity contribution >= 4 is 17.1 Å². The van der Waals surface area contributed by atoms with Gasteiger partial charge in [-0.15, -0.1) is 0 Å². The molecule has 0 saturated heterocycles. The average Bonchev–Trinajstić information content (AvgIpc) is 3.07. The van der Waals surface area contributed by atoms with Crippen molar-refractivity contribution in [2.75, 3.05) is 19.0 Å². The van der Waals surface area contributed by atoms with E-state index in [1.807, 2.05) is 12.2 Å². The Hall–Kier alpha value is -3.38. The van der Waals surface area contributed by atoms with Gasteiger partial charge in [-0.1, -0.05) is 50.2 Å². The topological polar surface area (TPSA) is 30.0 Å². The maximum Gasteiger partial charge on any atom is 0.209 e. The molecule has 31 heavy (non-hydrogen) atoms. The lowest BCUT2D eigenvalue weighted by Crippen LogP contribution is -2.26. The Kier molecular flexibility index (Phi) is 4.98. The van der Waals surface area contributed by atoms with Crippen LogP contribution in [0.3, 0.4) is 0 Å². The zero-order valence-corrected chi connectivity index (χ0v) is 19.3. The summed E-state index contributed by atoms with van der Waals surface area (Å²) in [6.45, 7) is 8.94. The minimum Gasteiger partial charge on any atom is -0.347 e. The third kappa shape index (κ3) is 3.24. The maximum atomic E-state index is 9.78. The van der Waals surface area contributed by atoms with Gasteiger partial charge in [0, 0.05) is 41.6 Å². The summed E-state index contributed by atoms with van der Waals surface area (Å²) in [5.41, 5.74) is 7.89. The van der Waals surface area contributed by atoms with Gasteiger partial charge in [-0.2, -0.15) is 9.84 Å². The van der Waals surface area contributed by atoms with Crippen molar-refractivity contribution < 1.29 is 4.58 Å². The Morgan fingerprint density at radius 3 is 2.26 bits per heavy atom. The number of allylic oxidation sites excluding steroid dienone is 6. The Morgan fingerprint density at radius 1 is 0.968 bits per heavy atom. The lowest BCUT2D eigenvalue weighted by Gasteiger charge is -2.23. The average molecular weight is 409 g/mol. The molecule has 0 radical (unpaired) electrons. The Balaban J connectivity index is 1.67. The predicted octanol–water partition coefficient (Wildman–Crippen LogP) is 6.01. The van der Waals surface area contributed by atoms with E-state index in [2.05, 4.69) is 118 Å². The summed E-state index contributed by atoms with van der Waals surface area (Å²) in [4.78, 5) is 2.23. The molecule has 156 valence electrons. The molecule has 0 atom stereocenters. The van der Waals surface area contributed by atoms with Gasteiger partial charge in [0.2, 0.25) is 5.69 Å². The number of benzene rings is 2. The summed E-state index contributed by atoms with van der Waals surface area (Å²) in [5.74, 6) is 0. The smallest absolute Gasteiger partial charge is 0.209 e. The second-order valence-corrected chi connectivity index (χ2v) is 9.41. The van der Waals surface area contributed by atoms with E-state index in [0.29, 0.717) is 5.57 Å². The van der Waals surface area contributed by atoms with Crippen LogP contribution in [-0.2, 0) is 10.8 Å². The van der Waals surface area contributed by atoms with E-state index in [9.17, 15) is 5.26 Å². The van der Waals surface area contributed by atoms with Crippen molar-refractivity contribution in [3.05, 3.63) is 95.2 Å². The molecule has 3 nitrogen and oxygen atoms in total. The van der Waals surface area contributed by atoms with Crippen LogP contribution in [0.15, 0.2) is 84.1 Å². The number of fused-ring (bicyclic) bond motifs is 2. The zero-order valence-electron chi connectivity index (χ0n) is 19.3. The first kappa shape index (κ1) is 20.9. The molecule has 0 unspecified atom stereocenters. The number of para-hydroxylation sites is 2. The van der Waals surface area contributed by atoms with Crippen LogP contribution < -0.4 is 4.90 Å². The largest absolute Gasteiger partial charge is 0.347 e. The monoisotopic (exact) mass is 408 g/mol. The molecule has 4 rings (SSSR count). The Labute approximate surface area is 186 Å². The maximum absolute atomic E-state index is 9.78. The molecule has 2 aliphatic rings. The van der Waals surface area contributed by atoms with Crippen LogP contribution >= 0.6 is 0 Å². The third-order valence-electron chi connectivity index (χ3n) is 6.85. The van der Waals surface area contributed by atoms with Gasteiger partial charge in [0.1, 0.15) is 7.05 Å². The summed E-state index contributed by atoms with van der Waals surface area (Å²) < 4.78 is 2.23. The minimum absolute atomic E-state index is 0.101. The summed E-state index contributed by atoms with van der Waals surface area (Å²) in [5, 5.41) is 9.78. The predicted molar refractivity (Wildman–Crippen MR) is 129 cm³/mol. The lowest BCUT2D eigenvalue weighted by molar-refractivity contribution is -0.401. The van der Waals surface area contributed by atoms with E-state index in [1.165, 1.54) is 33.9 Å². The molecule has 2 aromatic carbocycles. The van der Waals surface area contributed by atoms with Gasteiger partial charge >= 0.3 is 0 Å². The normalized spacial score (nSPS) is 20.4. The quantitative estimate of drug-likeness (QED) is 0.354.